The summed E-state index contributed by atoms with van der Waals surface area (Å²) in [5, 5.41) is 11.9. The molecule has 0 unspecified atom stereocenters. The lowest BCUT2D eigenvalue weighted by atomic mass is 10.2. The number of aromatic nitrogens is 4. The Bertz CT molecular complexity index is 870. The number of amides is 1. The molecule has 0 saturated carbocycles. The Kier molecular flexibility index (Phi) is 6.56. The van der Waals surface area contributed by atoms with Crippen LogP contribution in [-0.2, 0) is 16.1 Å². The zero-order valence-corrected chi connectivity index (χ0v) is 16.0. The van der Waals surface area contributed by atoms with Crippen molar-refractivity contribution in [2.24, 2.45) is 0 Å². The molecule has 0 radical (unpaired) electrons. The number of hydrogen-bond acceptors (Lipinski definition) is 6. The van der Waals surface area contributed by atoms with Crippen LogP contribution in [0, 0.1) is 0 Å². The largest absolute Gasteiger partial charge is 0.383 e. The van der Waals surface area contributed by atoms with Gasteiger partial charge >= 0.3 is 0 Å². The summed E-state index contributed by atoms with van der Waals surface area (Å²) in [5.41, 5.74) is 1.69. The fourth-order valence-corrected chi connectivity index (χ4v) is 3.33. The predicted molar refractivity (Wildman–Crippen MR) is 106 cm³/mol. The minimum atomic E-state index is -0.332. The Morgan fingerprint density at radius 3 is 2.63 bits per heavy atom. The highest BCUT2D eigenvalue weighted by molar-refractivity contribution is 8.00. The maximum atomic E-state index is 12.5. The van der Waals surface area contributed by atoms with Gasteiger partial charge in [-0.2, -0.15) is 0 Å². The molecule has 1 amide bonds. The fourth-order valence-electron chi connectivity index (χ4n) is 2.45. The molecule has 8 heteroatoms. The fraction of sp³-hybridized carbons (Fsp3) is 0.263. The number of carbonyl (C=O) groups excluding carboxylic acids is 1. The van der Waals surface area contributed by atoms with E-state index in [2.05, 4.69) is 20.5 Å². The number of nitrogens with zero attached hydrogens (tertiary/aromatic N) is 4. The summed E-state index contributed by atoms with van der Waals surface area (Å²) in [4.78, 5) is 16.5. The van der Waals surface area contributed by atoms with Crippen LogP contribution in [0.4, 0.5) is 5.69 Å². The van der Waals surface area contributed by atoms with E-state index in [1.54, 1.807) is 19.5 Å². The van der Waals surface area contributed by atoms with Crippen molar-refractivity contribution in [2.75, 3.05) is 19.0 Å². The summed E-state index contributed by atoms with van der Waals surface area (Å²) in [6.07, 6.45) is 3.43. The number of thioether (sulfide) groups is 1. The summed E-state index contributed by atoms with van der Waals surface area (Å²) < 4.78 is 7.18. The van der Waals surface area contributed by atoms with E-state index in [9.17, 15) is 4.79 Å². The highest BCUT2D eigenvalue weighted by atomic mass is 32.2. The molecule has 0 aliphatic rings. The number of anilines is 1. The van der Waals surface area contributed by atoms with Crippen LogP contribution in [0.1, 0.15) is 6.92 Å². The number of hydrogen-bond donors (Lipinski definition) is 1. The molecule has 2 aromatic heterocycles. The number of pyridine rings is 1. The third-order valence-electron chi connectivity index (χ3n) is 3.87. The van der Waals surface area contributed by atoms with Gasteiger partial charge in [0.25, 0.3) is 0 Å². The molecule has 3 aromatic rings. The standard InChI is InChI=1S/C19H21N5O2S/c1-14(18(25)21-16-6-4-3-5-7-16)27-19-23-22-17(24(19)12-13-26-2)15-8-10-20-11-9-15/h3-11,14H,12-13H2,1-2H3,(H,21,25)/t14-/m0/s1. The van der Waals surface area contributed by atoms with Crippen LogP contribution < -0.4 is 5.32 Å². The number of ether oxygens (including phenoxy) is 1. The van der Waals surface area contributed by atoms with Crippen LogP contribution in [-0.4, -0.2) is 44.6 Å². The number of carbonyl (C=O) groups is 1. The molecule has 0 aliphatic carbocycles. The molecule has 27 heavy (non-hydrogen) atoms. The molecule has 0 fully saturated rings. The highest BCUT2D eigenvalue weighted by Crippen LogP contribution is 2.27. The van der Waals surface area contributed by atoms with Gasteiger partial charge in [-0.05, 0) is 31.2 Å². The van der Waals surface area contributed by atoms with Crippen molar-refractivity contribution in [1.82, 2.24) is 19.7 Å². The van der Waals surface area contributed by atoms with Crippen molar-refractivity contribution < 1.29 is 9.53 Å². The van der Waals surface area contributed by atoms with Gasteiger partial charge in [0.05, 0.1) is 18.4 Å². The molecule has 0 bridgehead atoms. The van der Waals surface area contributed by atoms with Gasteiger partial charge in [0, 0.05) is 30.8 Å². The van der Waals surface area contributed by atoms with Gasteiger partial charge in [-0.1, -0.05) is 30.0 Å². The summed E-state index contributed by atoms with van der Waals surface area (Å²) in [7, 11) is 1.65. The van der Waals surface area contributed by atoms with Gasteiger partial charge < -0.3 is 10.1 Å². The minimum Gasteiger partial charge on any atom is -0.383 e. The van der Waals surface area contributed by atoms with Crippen molar-refractivity contribution in [3.05, 3.63) is 54.9 Å². The number of benzene rings is 1. The summed E-state index contributed by atoms with van der Waals surface area (Å²) >= 11 is 1.37. The van der Waals surface area contributed by atoms with E-state index in [0.717, 1.165) is 17.1 Å². The minimum absolute atomic E-state index is 0.0852. The number of nitrogens with one attached hydrogen (secondary N) is 1. The van der Waals surface area contributed by atoms with Gasteiger partial charge in [0.2, 0.25) is 5.91 Å². The van der Waals surface area contributed by atoms with Crippen molar-refractivity contribution in [1.29, 1.82) is 0 Å². The Balaban J connectivity index is 1.77. The first-order valence-electron chi connectivity index (χ1n) is 8.54. The van der Waals surface area contributed by atoms with Gasteiger partial charge in [-0.15, -0.1) is 10.2 Å². The first kappa shape index (κ1) is 19.1. The van der Waals surface area contributed by atoms with Crippen LogP contribution >= 0.6 is 11.8 Å². The summed E-state index contributed by atoms with van der Waals surface area (Å²) in [5.74, 6) is 0.644. The van der Waals surface area contributed by atoms with Gasteiger partial charge in [-0.25, -0.2) is 0 Å². The van der Waals surface area contributed by atoms with Crippen molar-refractivity contribution in [3.63, 3.8) is 0 Å². The second-order valence-electron chi connectivity index (χ2n) is 5.80. The van der Waals surface area contributed by atoms with E-state index in [-0.39, 0.29) is 11.2 Å². The molecular formula is C19H21N5O2S. The van der Waals surface area contributed by atoms with Crippen molar-refractivity contribution in [2.45, 2.75) is 23.9 Å². The first-order valence-corrected chi connectivity index (χ1v) is 9.42. The summed E-state index contributed by atoms with van der Waals surface area (Å²) in [6.45, 7) is 2.97. The molecule has 7 nitrogen and oxygen atoms in total. The van der Waals surface area contributed by atoms with Crippen LogP contribution in [0.2, 0.25) is 0 Å². The molecule has 140 valence electrons. The molecule has 2 heterocycles. The Morgan fingerprint density at radius 2 is 1.93 bits per heavy atom. The molecule has 1 aromatic carbocycles. The van der Waals surface area contributed by atoms with Crippen LogP contribution in [0.5, 0.6) is 0 Å². The second kappa shape index (κ2) is 9.29. The Labute approximate surface area is 162 Å². The average molecular weight is 383 g/mol. The quantitative estimate of drug-likeness (QED) is 0.602. The van der Waals surface area contributed by atoms with Gasteiger partial charge in [-0.3, -0.25) is 14.3 Å². The Morgan fingerprint density at radius 1 is 1.19 bits per heavy atom. The van der Waals surface area contributed by atoms with Crippen LogP contribution in [0.3, 0.4) is 0 Å². The SMILES string of the molecule is COCCn1c(S[C@@H](C)C(=O)Nc2ccccc2)nnc1-c1ccncc1. The van der Waals surface area contributed by atoms with Crippen molar-refractivity contribution >= 4 is 23.4 Å². The number of methoxy groups -OCH3 is 1. The lowest BCUT2D eigenvalue weighted by Gasteiger charge is -2.13. The van der Waals surface area contributed by atoms with E-state index in [1.165, 1.54) is 11.8 Å². The van der Waals surface area contributed by atoms with Crippen LogP contribution in [0.15, 0.2) is 60.0 Å². The molecule has 0 aliphatic heterocycles. The van der Waals surface area contributed by atoms with Crippen LogP contribution in [0.25, 0.3) is 11.4 Å². The Hall–Kier alpha value is -2.71. The molecule has 0 saturated heterocycles. The van der Waals surface area contributed by atoms with E-state index >= 15 is 0 Å². The average Bonchev–Trinajstić information content (AvgIpc) is 3.10. The third kappa shape index (κ3) is 4.93. The lowest BCUT2D eigenvalue weighted by molar-refractivity contribution is -0.115. The van der Waals surface area contributed by atoms with E-state index in [0.29, 0.717) is 18.3 Å². The monoisotopic (exact) mass is 383 g/mol. The molecular weight excluding hydrogens is 362 g/mol. The maximum Gasteiger partial charge on any atom is 0.237 e. The molecule has 1 atom stereocenters. The van der Waals surface area contributed by atoms with E-state index in [4.69, 9.17) is 4.74 Å². The zero-order chi connectivity index (χ0) is 19.1. The normalized spacial score (nSPS) is 11.9. The highest BCUT2D eigenvalue weighted by Gasteiger charge is 2.21. The van der Waals surface area contributed by atoms with Gasteiger partial charge in [0.1, 0.15) is 0 Å². The second-order valence-corrected chi connectivity index (χ2v) is 7.11. The smallest absolute Gasteiger partial charge is 0.237 e. The third-order valence-corrected chi connectivity index (χ3v) is 4.95. The topological polar surface area (TPSA) is 81.9 Å². The van der Waals surface area contributed by atoms with E-state index < -0.39 is 0 Å². The maximum absolute atomic E-state index is 12.5. The first-order chi connectivity index (χ1) is 13.2. The van der Waals surface area contributed by atoms with Gasteiger partial charge in [0.15, 0.2) is 11.0 Å². The van der Waals surface area contributed by atoms with E-state index in [1.807, 2.05) is 54.0 Å². The van der Waals surface area contributed by atoms with Crippen molar-refractivity contribution in [3.8, 4) is 11.4 Å². The lowest BCUT2D eigenvalue weighted by Crippen LogP contribution is -2.23. The summed E-state index contributed by atoms with van der Waals surface area (Å²) in [6, 6.07) is 13.2. The molecule has 1 N–H and O–H groups in total. The number of para-hydroxylation sites is 1. The zero-order valence-electron chi connectivity index (χ0n) is 15.2. The molecule has 0 spiro atoms. The predicted octanol–water partition coefficient (Wildman–Crippen LogP) is 3.11. The molecule has 3 rings (SSSR count). The number of rotatable bonds is 8.